The molecule has 10 heteroatoms. The Labute approximate surface area is 157 Å². The molecule has 1 amide bonds. The summed E-state index contributed by atoms with van der Waals surface area (Å²) < 4.78 is 51.1. The van der Waals surface area contributed by atoms with E-state index < -0.39 is 30.0 Å². The Morgan fingerprint density at radius 3 is 2.68 bits per heavy atom. The van der Waals surface area contributed by atoms with Crippen LogP contribution >= 0.6 is 0 Å². The maximum absolute atomic E-state index is 13.2. The number of carbonyl (C=O) groups is 1. The van der Waals surface area contributed by atoms with Gasteiger partial charge in [0.05, 0.1) is 17.3 Å². The number of halogens is 4. The van der Waals surface area contributed by atoms with Gasteiger partial charge in [0.1, 0.15) is 17.9 Å². The predicted molar refractivity (Wildman–Crippen MR) is 90.3 cm³/mol. The third kappa shape index (κ3) is 4.43. The number of nitrogens with zero attached hydrogens (tertiary/aromatic N) is 3. The van der Waals surface area contributed by atoms with Crippen molar-refractivity contribution in [2.45, 2.75) is 31.4 Å². The number of carbonyl (C=O) groups excluding carboxylic acids is 1. The summed E-state index contributed by atoms with van der Waals surface area (Å²) >= 11 is 0. The van der Waals surface area contributed by atoms with E-state index >= 15 is 0 Å². The van der Waals surface area contributed by atoms with Crippen LogP contribution in [0, 0.1) is 11.3 Å². The van der Waals surface area contributed by atoms with Crippen molar-refractivity contribution < 1.29 is 22.4 Å². The van der Waals surface area contributed by atoms with E-state index in [1.807, 2.05) is 6.07 Å². The first-order valence-electron chi connectivity index (χ1n) is 8.35. The molecule has 1 aliphatic heterocycles. The van der Waals surface area contributed by atoms with Crippen LogP contribution in [0.15, 0.2) is 30.6 Å². The van der Waals surface area contributed by atoms with Crippen LogP contribution in [0.25, 0.3) is 11.3 Å². The molecule has 146 valence electrons. The normalized spacial score (nSPS) is 19.2. The Morgan fingerprint density at radius 1 is 1.32 bits per heavy atom. The van der Waals surface area contributed by atoms with Gasteiger partial charge in [-0.25, -0.2) is 4.39 Å². The summed E-state index contributed by atoms with van der Waals surface area (Å²) in [6.07, 6.45) is -3.22. The molecule has 0 aliphatic carbocycles. The fraction of sp³-hybridized carbons (Fsp3) is 0.333. The number of pyridine rings is 2. The highest BCUT2D eigenvalue weighted by molar-refractivity contribution is 5.82. The molecule has 1 aliphatic rings. The van der Waals surface area contributed by atoms with E-state index in [0.717, 1.165) is 12.3 Å². The van der Waals surface area contributed by atoms with E-state index in [0.29, 0.717) is 16.8 Å². The van der Waals surface area contributed by atoms with Gasteiger partial charge >= 0.3 is 6.18 Å². The van der Waals surface area contributed by atoms with Crippen molar-refractivity contribution in [1.82, 2.24) is 20.6 Å². The maximum atomic E-state index is 13.2. The van der Waals surface area contributed by atoms with Gasteiger partial charge in [-0.3, -0.25) is 14.8 Å². The molecule has 2 aromatic heterocycles. The van der Waals surface area contributed by atoms with Crippen molar-refractivity contribution in [3.05, 3.63) is 47.4 Å². The average Bonchev–Trinajstić information content (AvgIpc) is 3.11. The third-order valence-electron chi connectivity index (χ3n) is 4.31. The van der Waals surface area contributed by atoms with Gasteiger partial charge in [0.25, 0.3) is 0 Å². The van der Waals surface area contributed by atoms with E-state index in [4.69, 9.17) is 0 Å². The lowest BCUT2D eigenvalue weighted by Gasteiger charge is -2.12. The van der Waals surface area contributed by atoms with Gasteiger partial charge in [0, 0.05) is 37.5 Å². The predicted octanol–water partition coefficient (Wildman–Crippen LogP) is 2.35. The molecule has 3 rings (SSSR count). The van der Waals surface area contributed by atoms with Gasteiger partial charge in [-0.2, -0.15) is 18.4 Å². The summed E-state index contributed by atoms with van der Waals surface area (Å²) in [5.41, 5.74) is 0.282. The van der Waals surface area contributed by atoms with E-state index in [-0.39, 0.29) is 25.1 Å². The quantitative estimate of drug-likeness (QED) is 0.779. The summed E-state index contributed by atoms with van der Waals surface area (Å²) in [4.78, 5) is 19.6. The van der Waals surface area contributed by atoms with Gasteiger partial charge in [-0.1, -0.05) is 0 Å². The minimum atomic E-state index is -4.54. The largest absolute Gasteiger partial charge is 0.433 e. The third-order valence-corrected chi connectivity index (χ3v) is 4.31. The van der Waals surface area contributed by atoms with Gasteiger partial charge < -0.3 is 10.6 Å². The molecule has 0 aromatic carbocycles. The number of nitriles is 1. The van der Waals surface area contributed by atoms with Crippen molar-refractivity contribution in [2.24, 2.45) is 0 Å². The maximum Gasteiger partial charge on any atom is 0.433 e. The van der Waals surface area contributed by atoms with Gasteiger partial charge in [-0.05, 0) is 23.8 Å². The van der Waals surface area contributed by atoms with Crippen LogP contribution in [0.2, 0.25) is 0 Å². The Hall–Kier alpha value is -3.06. The first-order chi connectivity index (χ1) is 13.3. The summed E-state index contributed by atoms with van der Waals surface area (Å²) in [7, 11) is 0. The van der Waals surface area contributed by atoms with Crippen molar-refractivity contribution in [3.8, 4) is 17.3 Å². The van der Waals surface area contributed by atoms with Crippen molar-refractivity contribution >= 4 is 5.91 Å². The van der Waals surface area contributed by atoms with E-state index in [1.54, 1.807) is 0 Å². The second kappa shape index (κ2) is 7.90. The Bertz CT molecular complexity index is 908. The molecular formula is C18H15F4N5O. The number of alkyl halides is 4. The number of hydrogen-bond donors (Lipinski definition) is 2. The van der Waals surface area contributed by atoms with Gasteiger partial charge in [-0.15, -0.1) is 0 Å². The molecule has 28 heavy (non-hydrogen) atoms. The molecule has 2 atom stereocenters. The van der Waals surface area contributed by atoms with E-state index in [2.05, 4.69) is 20.6 Å². The zero-order valence-corrected chi connectivity index (χ0v) is 14.4. The SMILES string of the molecule is N#Cc1cnc(-c2ccc(C(F)(F)F)nc2)cc1CNC(=O)[C@H]1C[C@@H](F)CN1. The number of rotatable bonds is 4. The fourth-order valence-corrected chi connectivity index (χ4v) is 2.81. The van der Waals surface area contributed by atoms with Crippen molar-refractivity contribution in [2.75, 3.05) is 6.54 Å². The molecule has 0 spiro atoms. The topological polar surface area (TPSA) is 90.7 Å². The highest BCUT2D eigenvalue weighted by Gasteiger charge is 2.32. The van der Waals surface area contributed by atoms with Crippen LogP contribution < -0.4 is 10.6 Å². The molecular weight excluding hydrogens is 378 g/mol. The Balaban J connectivity index is 1.76. The molecule has 1 fully saturated rings. The van der Waals surface area contributed by atoms with Gasteiger partial charge in [0.15, 0.2) is 0 Å². The summed E-state index contributed by atoms with van der Waals surface area (Å²) in [6.45, 7) is 0.113. The van der Waals surface area contributed by atoms with Crippen LogP contribution in [0.1, 0.15) is 23.2 Å². The van der Waals surface area contributed by atoms with E-state index in [1.165, 1.54) is 18.3 Å². The lowest BCUT2D eigenvalue weighted by atomic mass is 10.1. The van der Waals surface area contributed by atoms with Crippen LogP contribution in [-0.4, -0.2) is 34.6 Å². The summed E-state index contributed by atoms with van der Waals surface area (Å²) in [6, 6.07) is 4.89. The summed E-state index contributed by atoms with van der Waals surface area (Å²) in [5, 5.41) is 14.6. The minimum absolute atomic E-state index is 0.000439. The standard InChI is InChI=1S/C18H15F4N5O/c19-13-4-15(25-9-13)17(28)27-7-11-3-14(24-8-12(11)5-23)10-1-2-16(26-6-10)18(20,21)22/h1-3,6,8,13,15,25H,4,7,9H2,(H,27,28)/t13-,15-/m1/s1. The second-order valence-corrected chi connectivity index (χ2v) is 6.28. The highest BCUT2D eigenvalue weighted by Crippen LogP contribution is 2.29. The molecule has 0 unspecified atom stereocenters. The zero-order valence-electron chi connectivity index (χ0n) is 14.4. The number of hydrogen-bond acceptors (Lipinski definition) is 5. The van der Waals surface area contributed by atoms with Crippen molar-refractivity contribution in [3.63, 3.8) is 0 Å². The molecule has 0 radical (unpaired) electrons. The number of aromatic nitrogens is 2. The highest BCUT2D eigenvalue weighted by atomic mass is 19.4. The van der Waals surface area contributed by atoms with Crippen LogP contribution in [0.5, 0.6) is 0 Å². The number of amides is 1. The van der Waals surface area contributed by atoms with Gasteiger partial charge in [0.2, 0.25) is 5.91 Å². The molecule has 2 aromatic rings. The molecule has 3 heterocycles. The summed E-state index contributed by atoms with van der Waals surface area (Å²) in [5.74, 6) is -0.390. The lowest BCUT2D eigenvalue weighted by molar-refractivity contribution is -0.141. The van der Waals surface area contributed by atoms with Crippen LogP contribution in [0.4, 0.5) is 17.6 Å². The molecule has 1 saturated heterocycles. The monoisotopic (exact) mass is 393 g/mol. The second-order valence-electron chi connectivity index (χ2n) is 6.28. The zero-order chi connectivity index (χ0) is 20.3. The fourth-order valence-electron chi connectivity index (χ4n) is 2.81. The smallest absolute Gasteiger partial charge is 0.351 e. The molecule has 6 nitrogen and oxygen atoms in total. The molecule has 0 saturated carbocycles. The van der Waals surface area contributed by atoms with E-state index in [9.17, 15) is 27.6 Å². The number of nitrogens with one attached hydrogen (secondary N) is 2. The molecule has 0 bridgehead atoms. The average molecular weight is 393 g/mol. The first kappa shape index (κ1) is 19.7. The minimum Gasteiger partial charge on any atom is -0.351 e. The Kier molecular flexibility index (Phi) is 5.56. The Morgan fingerprint density at radius 2 is 2.11 bits per heavy atom. The van der Waals surface area contributed by atoms with Crippen LogP contribution in [-0.2, 0) is 17.5 Å². The van der Waals surface area contributed by atoms with Crippen molar-refractivity contribution in [1.29, 1.82) is 5.26 Å². The lowest BCUT2D eigenvalue weighted by Crippen LogP contribution is -2.40. The van der Waals surface area contributed by atoms with Crippen LogP contribution in [0.3, 0.4) is 0 Å². The molecule has 2 N–H and O–H groups in total. The first-order valence-corrected chi connectivity index (χ1v) is 8.35.